The van der Waals surface area contributed by atoms with Crippen LogP contribution in [0, 0.1) is 0 Å². The predicted octanol–water partition coefficient (Wildman–Crippen LogP) is 2.58. The number of hydrogen-bond acceptors (Lipinski definition) is 0. The second-order valence-corrected chi connectivity index (χ2v) is 3.79. The van der Waals surface area contributed by atoms with Crippen molar-refractivity contribution in [1.29, 1.82) is 0 Å². The van der Waals surface area contributed by atoms with Crippen LogP contribution in [0.4, 0.5) is 39.5 Å². The van der Waals surface area contributed by atoms with Gasteiger partial charge in [-0.25, -0.2) is 0 Å². The van der Waals surface area contributed by atoms with Gasteiger partial charge in [0.05, 0.1) is 0 Å². The van der Waals surface area contributed by atoms with Gasteiger partial charge < -0.3 is 0 Å². The van der Waals surface area contributed by atoms with Crippen LogP contribution in [-0.4, -0.2) is 44.9 Å². The topological polar surface area (TPSA) is 0 Å². The Morgan fingerprint density at radius 2 is 0.857 bits per heavy atom. The molecule has 0 aliphatic carbocycles. The van der Waals surface area contributed by atoms with Crippen LogP contribution in [0.1, 0.15) is 0 Å². The first kappa shape index (κ1) is 14.2. The molecule has 0 saturated carbocycles. The van der Waals surface area contributed by atoms with E-state index in [0.717, 1.165) is 0 Å². The molecule has 0 nitrogen and oxygen atoms in total. The Balaban J connectivity index is 5.30. The molecule has 0 spiro atoms. The minimum absolute atomic E-state index is 1.11. The Morgan fingerprint density at radius 1 is 0.571 bits per heavy atom. The van der Waals surface area contributed by atoms with Crippen molar-refractivity contribution in [2.45, 2.75) is 21.9 Å². The Hall–Kier alpha value is 0.188. The zero-order valence-electron chi connectivity index (χ0n) is 5.85. The van der Waals surface area contributed by atoms with Gasteiger partial charge in [0.2, 0.25) is 0 Å². The van der Waals surface area contributed by atoms with Crippen LogP contribution in [0.3, 0.4) is 0 Å². The number of rotatable bonds is 2. The molecule has 0 aromatic heterocycles. The molecule has 0 N–H and O–H groups in total. The van der Waals surface area contributed by atoms with Crippen molar-refractivity contribution in [3.63, 3.8) is 0 Å². The summed E-state index contributed by atoms with van der Waals surface area (Å²) in [5.74, 6) is -13.2. The Bertz CT molecular complexity index is 186. The summed E-state index contributed by atoms with van der Waals surface area (Å²) in [5.41, 5.74) is 0. The summed E-state index contributed by atoms with van der Waals surface area (Å²) in [7, 11) is 0. The van der Waals surface area contributed by atoms with Gasteiger partial charge in [0, 0.05) is 0 Å². The van der Waals surface area contributed by atoms with Crippen LogP contribution >= 0.6 is 0 Å². The van der Waals surface area contributed by atoms with Gasteiger partial charge in [-0.1, -0.05) is 0 Å². The monoisotopic (exact) mass is 340 g/mol. The van der Waals surface area contributed by atoms with Gasteiger partial charge in [-0.05, 0) is 0 Å². The van der Waals surface area contributed by atoms with E-state index in [9.17, 15) is 39.5 Å². The van der Waals surface area contributed by atoms with Crippen LogP contribution < -0.4 is 0 Å². The van der Waals surface area contributed by atoms with Gasteiger partial charge in [0.15, 0.2) is 0 Å². The summed E-state index contributed by atoms with van der Waals surface area (Å²) in [6.45, 7) is 0. The van der Waals surface area contributed by atoms with Gasteiger partial charge in [0.25, 0.3) is 0 Å². The average Bonchev–Trinajstić information content (AvgIpc) is 1.81. The molecule has 10 heteroatoms. The Kier molecular flexibility index (Phi) is 3.39. The summed E-state index contributed by atoms with van der Waals surface area (Å²) in [6, 6.07) is 0. The third-order valence-electron chi connectivity index (χ3n) is 1.13. The average molecular weight is 341 g/mol. The zero-order valence-corrected chi connectivity index (χ0v) is 8.40. The molecule has 0 rings (SSSR count). The fourth-order valence-electron chi connectivity index (χ4n) is 0.367. The Morgan fingerprint density at radius 3 is 0.929 bits per heavy atom. The molecule has 0 amide bonds. The Labute approximate surface area is 84.9 Å². The van der Waals surface area contributed by atoms with Crippen LogP contribution in [0.15, 0.2) is 0 Å². The maximum atomic E-state index is 12.0. The molecule has 0 atom stereocenters. The number of alkyl halides is 9. The summed E-state index contributed by atoms with van der Waals surface area (Å²) in [6.07, 6.45) is -6.72. The van der Waals surface area contributed by atoms with E-state index >= 15 is 0 Å². The van der Waals surface area contributed by atoms with Gasteiger partial charge in [-0.3, -0.25) is 0 Å². The fraction of sp³-hybridized carbons (Fsp3) is 1.00. The van der Waals surface area contributed by atoms with E-state index in [4.69, 9.17) is 0 Å². The first-order chi connectivity index (χ1) is 5.75. The molecule has 0 heterocycles. The summed E-state index contributed by atoms with van der Waals surface area (Å²) >= 11 is -1.11. The first-order valence-corrected chi connectivity index (χ1v) is 3.95. The van der Waals surface area contributed by atoms with E-state index in [1.54, 1.807) is 0 Å². The van der Waals surface area contributed by atoms with Crippen molar-refractivity contribution in [1.82, 2.24) is 0 Å². The molecule has 14 heavy (non-hydrogen) atoms. The maximum absolute atomic E-state index is 12.0. The van der Waals surface area contributed by atoms with Crippen LogP contribution in [0.5, 0.6) is 0 Å². The molecule has 0 fully saturated rings. The molecule has 0 aliphatic rings. The summed E-state index contributed by atoms with van der Waals surface area (Å²) < 4.78 is 99.8. The van der Waals surface area contributed by atoms with Gasteiger partial charge >= 0.3 is 84.4 Å². The molecule has 0 aliphatic heterocycles. The molecule has 0 unspecified atom stereocenters. The fourth-order valence-corrected chi connectivity index (χ4v) is 0.768. The van der Waals surface area contributed by atoms with E-state index in [0.29, 0.717) is 0 Å². The van der Waals surface area contributed by atoms with Gasteiger partial charge in [-0.2, -0.15) is 0 Å². The third kappa shape index (κ3) is 2.06. The molecule has 0 bridgehead atoms. The molecule has 0 saturated heterocycles. The molecule has 0 aromatic carbocycles. The first-order valence-electron chi connectivity index (χ1n) is 2.67. The third-order valence-corrected chi connectivity index (χ3v) is 1.93. The van der Waals surface area contributed by atoms with Crippen molar-refractivity contribution < 1.29 is 39.5 Å². The normalized spacial score (nSPS) is 15.9. The summed E-state index contributed by atoms with van der Waals surface area (Å²) in [5, 5.41) is 0. The van der Waals surface area contributed by atoms with E-state index in [-0.39, 0.29) is 0 Å². The number of hydrogen-bond donors (Lipinski definition) is 0. The molecule has 0 aromatic rings. The van der Waals surface area contributed by atoms with Crippen molar-refractivity contribution in [2.75, 3.05) is 0 Å². The summed E-state index contributed by atoms with van der Waals surface area (Å²) in [4.78, 5) is 0. The predicted molar refractivity (Wildman–Crippen MR) is 26.6 cm³/mol. The number of halogens is 9. The van der Waals surface area contributed by atoms with Crippen LogP contribution in [-0.2, 0) is 0 Å². The molecular formula is C4F9Sb. The van der Waals surface area contributed by atoms with Gasteiger partial charge in [0.1, 0.15) is 0 Å². The van der Waals surface area contributed by atoms with Crippen molar-refractivity contribution >= 4 is 23.0 Å². The van der Waals surface area contributed by atoms with Crippen LogP contribution in [0.2, 0.25) is 0 Å². The second kappa shape index (κ2) is 3.35. The van der Waals surface area contributed by atoms with Crippen LogP contribution in [0.25, 0.3) is 0 Å². The zero-order chi connectivity index (χ0) is 12.0. The quantitative estimate of drug-likeness (QED) is 0.535. The van der Waals surface area contributed by atoms with Crippen molar-refractivity contribution in [3.8, 4) is 0 Å². The SMILES string of the molecule is FC(F)(F)C(F)(F)C(F)(F)[C](F)(F)[Sb]. The van der Waals surface area contributed by atoms with Gasteiger partial charge in [-0.15, -0.1) is 0 Å². The van der Waals surface area contributed by atoms with E-state index < -0.39 is 44.9 Å². The van der Waals surface area contributed by atoms with E-state index in [1.165, 1.54) is 0 Å². The van der Waals surface area contributed by atoms with E-state index in [1.807, 2.05) is 0 Å². The van der Waals surface area contributed by atoms with E-state index in [2.05, 4.69) is 0 Å². The van der Waals surface area contributed by atoms with Crippen molar-refractivity contribution in [3.05, 3.63) is 0 Å². The molecule has 84 valence electrons. The molecular weight excluding hydrogens is 341 g/mol. The standard InChI is InChI=1S/C4F9.Sb/c5-1(6)2(7,8)3(9,10)4(11,12)13;. The molecule has 2 radical (unpaired) electrons. The minimum atomic E-state index is -6.75. The second-order valence-electron chi connectivity index (χ2n) is 2.19. The van der Waals surface area contributed by atoms with Crippen molar-refractivity contribution in [2.24, 2.45) is 0 Å².